The highest BCUT2D eigenvalue weighted by Crippen LogP contribution is 2.33. The predicted octanol–water partition coefficient (Wildman–Crippen LogP) is 5.08. The first-order chi connectivity index (χ1) is 11.1. The molecule has 0 aliphatic rings. The summed E-state index contributed by atoms with van der Waals surface area (Å²) in [7, 11) is 0. The Labute approximate surface area is 150 Å². The van der Waals surface area contributed by atoms with Crippen molar-refractivity contribution in [1.82, 2.24) is 0 Å². The molecule has 23 heavy (non-hydrogen) atoms. The molecule has 0 radical (unpaired) electrons. The van der Waals surface area contributed by atoms with E-state index in [1.807, 2.05) is 24.3 Å². The van der Waals surface area contributed by atoms with Crippen LogP contribution in [0.15, 0.2) is 63.5 Å². The average molecular weight is 436 g/mol. The van der Waals surface area contributed by atoms with Crippen LogP contribution in [0, 0.1) is 0 Å². The Balaban J connectivity index is 1.95. The quantitative estimate of drug-likeness (QED) is 0.461. The second-order valence-electron chi connectivity index (χ2n) is 4.94. The maximum Gasteiger partial charge on any atom is 0.343 e. The fourth-order valence-corrected chi connectivity index (χ4v) is 3.28. The van der Waals surface area contributed by atoms with E-state index in [-0.39, 0.29) is 6.61 Å². The molecule has 0 aliphatic heterocycles. The van der Waals surface area contributed by atoms with Crippen molar-refractivity contribution >= 4 is 48.6 Å². The fraction of sp³-hybridized carbons (Fsp3) is 0.0556. The Hall–Kier alpha value is -1.69. The minimum Gasteiger partial charge on any atom is -0.423 e. The third kappa shape index (κ3) is 3.32. The van der Waals surface area contributed by atoms with Gasteiger partial charge >= 0.3 is 5.97 Å². The number of carbonyl (C=O) groups excluding carboxylic acids is 1. The molecule has 3 aromatic carbocycles. The lowest BCUT2D eigenvalue weighted by molar-refractivity contribution is 0.0731. The molecule has 0 saturated heterocycles. The van der Waals surface area contributed by atoms with Gasteiger partial charge in [-0.25, -0.2) is 4.79 Å². The second kappa shape index (κ2) is 6.83. The highest BCUT2D eigenvalue weighted by atomic mass is 79.9. The zero-order chi connectivity index (χ0) is 16.4. The van der Waals surface area contributed by atoms with Crippen LogP contribution in [-0.4, -0.2) is 11.1 Å². The van der Waals surface area contributed by atoms with Crippen LogP contribution in [0.2, 0.25) is 0 Å². The van der Waals surface area contributed by atoms with Crippen molar-refractivity contribution in [2.24, 2.45) is 0 Å². The van der Waals surface area contributed by atoms with Crippen LogP contribution in [0.4, 0.5) is 0 Å². The summed E-state index contributed by atoms with van der Waals surface area (Å²) >= 11 is 7.01. The summed E-state index contributed by atoms with van der Waals surface area (Å²) in [5.74, 6) is -0.0332. The van der Waals surface area contributed by atoms with Crippen molar-refractivity contribution in [3.05, 3.63) is 74.7 Å². The molecule has 0 aliphatic carbocycles. The van der Waals surface area contributed by atoms with E-state index < -0.39 is 5.97 Å². The van der Waals surface area contributed by atoms with E-state index in [0.717, 1.165) is 19.7 Å². The number of hydrogen-bond donors (Lipinski definition) is 1. The average Bonchev–Trinajstić information content (AvgIpc) is 2.58. The van der Waals surface area contributed by atoms with Gasteiger partial charge in [-0.2, -0.15) is 0 Å². The molecule has 0 spiro atoms. The van der Waals surface area contributed by atoms with Gasteiger partial charge in [-0.15, -0.1) is 0 Å². The zero-order valence-electron chi connectivity index (χ0n) is 11.9. The summed E-state index contributed by atoms with van der Waals surface area (Å²) in [6, 6.07) is 16.2. The summed E-state index contributed by atoms with van der Waals surface area (Å²) < 4.78 is 7.35. The summed E-state index contributed by atoms with van der Waals surface area (Å²) in [5, 5.41) is 11.3. The minimum absolute atomic E-state index is 0.207. The largest absolute Gasteiger partial charge is 0.423 e. The molecule has 0 fully saturated rings. The standard InChI is InChI=1S/C18H12Br2O3/c19-16-7-8-17(20)15-9-12(5-6-14(15)16)23-18(22)13-4-2-1-3-11(13)10-21/h1-9,21H,10H2. The van der Waals surface area contributed by atoms with Gasteiger partial charge in [0.25, 0.3) is 0 Å². The number of benzene rings is 3. The van der Waals surface area contributed by atoms with E-state index in [0.29, 0.717) is 16.9 Å². The molecule has 0 heterocycles. The second-order valence-corrected chi connectivity index (χ2v) is 6.65. The Bertz CT molecular complexity index is 891. The summed E-state index contributed by atoms with van der Waals surface area (Å²) in [6.07, 6.45) is 0. The molecule has 0 bridgehead atoms. The molecule has 0 aromatic heterocycles. The number of esters is 1. The van der Waals surface area contributed by atoms with Gasteiger partial charge in [-0.1, -0.05) is 50.1 Å². The highest BCUT2D eigenvalue weighted by molar-refractivity contribution is 9.11. The Morgan fingerprint density at radius 1 is 0.957 bits per heavy atom. The van der Waals surface area contributed by atoms with Gasteiger partial charge < -0.3 is 9.84 Å². The maximum atomic E-state index is 12.3. The lowest BCUT2D eigenvalue weighted by Gasteiger charge is -2.09. The molecule has 0 unspecified atom stereocenters. The van der Waals surface area contributed by atoms with E-state index in [1.54, 1.807) is 30.3 Å². The molecule has 3 nitrogen and oxygen atoms in total. The smallest absolute Gasteiger partial charge is 0.343 e. The topological polar surface area (TPSA) is 46.5 Å². The number of rotatable bonds is 3. The van der Waals surface area contributed by atoms with Gasteiger partial charge in [0.05, 0.1) is 12.2 Å². The minimum atomic E-state index is -0.486. The normalized spacial score (nSPS) is 10.7. The van der Waals surface area contributed by atoms with Crippen LogP contribution in [0.3, 0.4) is 0 Å². The molecular formula is C18H12Br2O3. The van der Waals surface area contributed by atoms with Crippen LogP contribution in [0.1, 0.15) is 15.9 Å². The molecule has 116 valence electrons. The molecule has 3 rings (SSSR count). The van der Waals surface area contributed by atoms with E-state index >= 15 is 0 Å². The van der Waals surface area contributed by atoms with Gasteiger partial charge in [-0.3, -0.25) is 0 Å². The summed E-state index contributed by atoms with van der Waals surface area (Å²) in [4.78, 5) is 12.3. The van der Waals surface area contributed by atoms with E-state index in [9.17, 15) is 9.90 Å². The van der Waals surface area contributed by atoms with Crippen LogP contribution in [0.5, 0.6) is 5.75 Å². The van der Waals surface area contributed by atoms with Crippen molar-refractivity contribution in [3.63, 3.8) is 0 Å². The van der Waals surface area contributed by atoms with Gasteiger partial charge in [0.15, 0.2) is 0 Å². The van der Waals surface area contributed by atoms with Crippen molar-refractivity contribution in [2.45, 2.75) is 6.61 Å². The lowest BCUT2D eigenvalue weighted by atomic mass is 10.1. The van der Waals surface area contributed by atoms with Crippen molar-refractivity contribution < 1.29 is 14.6 Å². The van der Waals surface area contributed by atoms with Crippen LogP contribution in [0.25, 0.3) is 10.8 Å². The molecule has 5 heteroatoms. The zero-order valence-corrected chi connectivity index (χ0v) is 15.1. The number of aliphatic hydroxyl groups is 1. The Morgan fingerprint density at radius 3 is 2.39 bits per heavy atom. The van der Waals surface area contributed by atoms with Crippen LogP contribution < -0.4 is 4.74 Å². The van der Waals surface area contributed by atoms with Crippen LogP contribution >= 0.6 is 31.9 Å². The monoisotopic (exact) mass is 434 g/mol. The SMILES string of the molecule is O=C(Oc1ccc2c(Br)ccc(Br)c2c1)c1ccccc1CO. The number of halogens is 2. The molecule has 0 amide bonds. The third-order valence-corrected chi connectivity index (χ3v) is 4.88. The summed E-state index contributed by atoms with van der Waals surface area (Å²) in [6.45, 7) is -0.207. The van der Waals surface area contributed by atoms with Gasteiger partial charge in [0.1, 0.15) is 5.75 Å². The first-order valence-corrected chi connectivity index (χ1v) is 8.47. The lowest BCUT2D eigenvalue weighted by Crippen LogP contribution is -2.11. The number of hydrogen-bond acceptors (Lipinski definition) is 3. The van der Waals surface area contributed by atoms with Gasteiger partial charge in [0, 0.05) is 14.3 Å². The first kappa shape index (κ1) is 16.2. The van der Waals surface area contributed by atoms with Crippen LogP contribution in [-0.2, 0) is 6.61 Å². The fourth-order valence-electron chi connectivity index (χ4n) is 2.34. The van der Waals surface area contributed by atoms with Gasteiger partial charge in [-0.05, 0) is 47.3 Å². The predicted molar refractivity (Wildman–Crippen MR) is 96.7 cm³/mol. The third-order valence-electron chi connectivity index (χ3n) is 3.50. The van der Waals surface area contributed by atoms with E-state index in [4.69, 9.17) is 4.74 Å². The Kier molecular flexibility index (Phi) is 4.80. The number of fused-ring (bicyclic) bond motifs is 1. The van der Waals surface area contributed by atoms with E-state index in [1.165, 1.54) is 0 Å². The molecule has 0 saturated carbocycles. The van der Waals surface area contributed by atoms with Gasteiger partial charge in [0.2, 0.25) is 0 Å². The molecular weight excluding hydrogens is 424 g/mol. The maximum absolute atomic E-state index is 12.3. The Morgan fingerprint density at radius 2 is 1.65 bits per heavy atom. The number of aliphatic hydroxyl groups excluding tert-OH is 1. The van der Waals surface area contributed by atoms with Crippen molar-refractivity contribution in [1.29, 1.82) is 0 Å². The first-order valence-electron chi connectivity index (χ1n) is 6.89. The number of ether oxygens (including phenoxy) is 1. The molecule has 1 N–H and O–H groups in total. The number of carbonyl (C=O) groups is 1. The van der Waals surface area contributed by atoms with Crippen molar-refractivity contribution in [3.8, 4) is 5.75 Å². The summed E-state index contributed by atoms with van der Waals surface area (Å²) in [5.41, 5.74) is 0.908. The van der Waals surface area contributed by atoms with E-state index in [2.05, 4.69) is 31.9 Å². The molecule has 3 aromatic rings. The highest BCUT2D eigenvalue weighted by Gasteiger charge is 2.13. The molecule has 0 atom stereocenters. The van der Waals surface area contributed by atoms with Crippen molar-refractivity contribution in [2.75, 3.05) is 0 Å².